The molecule has 1 atom stereocenters. The lowest BCUT2D eigenvalue weighted by Crippen LogP contribution is -2.18. The van der Waals surface area contributed by atoms with Crippen molar-refractivity contribution < 1.29 is 4.42 Å². The van der Waals surface area contributed by atoms with Crippen LogP contribution >= 0.6 is 15.9 Å². The summed E-state index contributed by atoms with van der Waals surface area (Å²) in [6.45, 7) is 1.97. The van der Waals surface area contributed by atoms with Crippen molar-refractivity contribution in [1.82, 2.24) is 5.32 Å². The van der Waals surface area contributed by atoms with E-state index < -0.39 is 0 Å². The number of furan rings is 1. The van der Waals surface area contributed by atoms with Gasteiger partial charge in [-0.25, -0.2) is 0 Å². The van der Waals surface area contributed by atoms with E-state index in [9.17, 15) is 0 Å². The summed E-state index contributed by atoms with van der Waals surface area (Å²) < 4.78 is 6.78. The Balaban J connectivity index is 2.15. The lowest BCUT2D eigenvalue weighted by atomic mass is 10.0. The van der Waals surface area contributed by atoms with E-state index in [0.29, 0.717) is 0 Å². The van der Waals surface area contributed by atoms with Crippen LogP contribution in [-0.2, 0) is 6.42 Å². The van der Waals surface area contributed by atoms with Crippen molar-refractivity contribution in [2.24, 2.45) is 0 Å². The molecule has 90 valence electrons. The number of hydrogen-bond acceptors (Lipinski definition) is 2. The first-order valence-electron chi connectivity index (χ1n) is 5.67. The van der Waals surface area contributed by atoms with Crippen LogP contribution < -0.4 is 5.32 Å². The largest absolute Gasteiger partial charge is 0.465 e. The number of hydrogen-bond donors (Lipinski definition) is 1. The fourth-order valence-corrected chi connectivity index (χ4v) is 2.33. The molecule has 0 aliphatic carbocycles. The lowest BCUT2D eigenvalue weighted by molar-refractivity contribution is 0.414. The molecular formula is C14H16BrNO. The van der Waals surface area contributed by atoms with E-state index in [1.54, 1.807) is 0 Å². The van der Waals surface area contributed by atoms with Gasteiger partial charge in [-0.3, -0.25) is 0 Å². The lowest BCUT2D eigenvalue weighted by Gasteiger charge is -2.13. The highest BCUT2D eigenvalue weighted by molar-refractivity contribution is 9.10. The molecule has 1 unspecified atom stereocenters. The molecule has 0 radical (unpaired) electrons. The molecule has 3 heteroatoms. The maximum atomic E-state index is 5.66. The Labute approximate surface area is 110 Å². The first-order valence-corrected chi connectivity index (χ1v) is 6.46. The van der Waals surface area contributed by atoms with Crippen molar-refractivity contribution in [2.75, 3.05) is 7.05 Å². The smallest absolute Gasteiger partial charge is 0.121 e. The van der Waals surface area contributed by atoms with Gasteiger partial charge < -0.3 is 9.73 Å². The summed E-state index contributed by atoms with van der Waals surface area (Å²) in [5.74, 6) is 1.94. The highest BCUT2D eigenvalue weighted by Crippen LogP contribution is 2.22. The van der Waals surface area contributed by atoms with E-state index in [0.717, 1.165) is 22.4 Å². The summed E-state index contributed by atoms with van der Waals surface area (Å²) >= 11 is 3.49. The molecule has 0 spiro atoms. The van der Waals surface area contributed by atoms with E-state index in [2.05, 4.69) is 39.4 Å². The Kier molecular flexibility index (Phi) is 4.02. The van der Waals surface area contributed by atoms with Gasteiger partial charge in [0.1, 0.15) is 11.5 Å². The SMILES string of the molecule is CNC(Cc1cccc(Br)c1)c1ccc(C)o1. The summed E-state index contributed by atoms with van der Waals surface area (Å²) in [5, 5.41) is 3.29. The minimum Gasteiger partial charge on any atom is -0.465 e. The van der Waals surface area contributed by atoms with Crippen LogP contribution in [0.5, 0.6) is 0 Å². The normalized spacial score (nSPS) is 12.6. The molecule has 17 heavy (non-hydrogen) atoms. The maximum Gasteiger partial charge on any atom is 0.121 e. The maximum absolute atomic E-state index is 5.66. The Hall–Kier alpha value is -1.06. The van der Waals surface area contributed by atoms with Crippen molar-refractivity contribution in [2.45, 2.75) is 19.4 Å². The molecule has 0 saturated heterocycles. The van der Waals surface area contributed by atoms with E-state index >= 15 is 0 Å². The molecule has 2 aromatic rings. The Morgan fingerprint density at radius 2 is 2.12 bits per heavy atom. The van der Waals surface area contributed by atoms with E-state index in [4.69, 9.17) is 4.42 Å². The number of nitrogens with one attached hydrogen (secondary N) is 1. The molecule has 1 N–H and O–H groups in total. The monoisotopic (exact) mass is 293 g/mol. The van der Waals surface area contributed by atoms with E-state index in [1.807, 2.05) is 32.2 Å². The topological polar surface area (TPSA) is 25.2 Å². The van der Waals surface area contributed by atoms with Gasteiger partial charge in [0.25, 0.3) is 0 Å². The molecule has 0 bridgehead atoms. The van der Waals surface area contributed by atoms with E-state index in [1.165, 1.54) is 5.56 Å². The van der Waals surface area contributed by atoms with Gasteiger partial charge in [0, 0.05) is 4.47 Å². The molecule has 1 aromatic carbocycles. The second-order valence-corrected chi connectivity index (χ2v) is 5.04. The van der Waals surface area contributed by atoms with Gasteiger partial charge in [-0.15, -0.1) is 0 Å². The fraction of sp³-hybridized carbons (Fsp3) is 0.286. The average molecular weight is 294 g/mol. The van der Waals surface area contributed by atoms with Crippen LogP contribution in [0.15, 0.2) is 45.3 Å². The third-order valence-electron chi connectivity index (χ3n) is 2.78. The summed E-state index contributed by atoms with van der Waals surface area (Å²) in [5.41, 5.74) is 1.28. The molecule has 2 rings (SSSR count). The van der Waals surface area contributed by atoms with Gasteiger partial charge in [0.2, 0.25) is 0 Å². The minimum absolute atomic E-state index is 0.220. The highest BCUT2D eigenvalue weighted by Gasteiger charge is 2.13. The Morgan fingerprint density at radius 3 is 2.71 bits per heavy atom. The number of likely N-dealkylation sites (N-methyl/N-ethyl adjacent to an activating group) is 1. The summed E-state index contributed by atoms with van der Waals surface area (Å²) in [6.07, 6.45) is 0.920. The van der Waals surface area contributed by atoms with Gasteiger partial charge in [0.05, 0.1) is 6.04 Å². The van der Waals surface area contributed by atoms with Crippen molar-refractivity contribution in [3.63, 3.8) is 0 Å². The summed E-state index contributed by atoms with van der Waals surface area (Å²) in [4.78, 5) is 0. The van der Waals surface area contributed by atoms with Crippen molar-refractivity contribution in [3.05, 3.63) is 58.0 Å². The third kappa shape index (κ3) is 3.20. The van der Waals surface area contributed by atoms with Crippen LogP contribution in [0.1, 0.15) is 23.1 Å². The molecule has 1 heterocycles. The number of halogens is 1. The van der Waals surface area contributed by atoms with Crippen LogP contribution in [0.3, 0.4) is 0 Å². The zero-order valence-electron chi connectivity index (χ0n) is 10.0. The number of rotatable bonds is 4. The highest BCUT2D eigenvalue weighted by atomic mass is 79.9. The average Bonchev–Trinajstić information content (AvgIpc) is 2.73. The van der Waals surface area contributed by atoms with Crippen molar-refractivity contribution in [3.8, 4) is 0 Å². The van der Waals surface area contributed by atoms with Gasteiger partial charge in [-0.2, -0.15) is 0 Å². The quantitative estimate of drug-likeness (QED) is 0.926. The predicted octanol–water partition coefficient (Wildman–Crippen LogP) is 3.85. The van der Waals surface area contributed by atoms with Gasteiger partial charge >= 0.3 is 0 Å². The van der Waals surface area contributed by atoms with Crippen molar-refractivity contribution in [1.29, 1.82) is 0 Å². The second kappa shape index (κ2) is 5.52. The Morgan fingerprint density at radius 1 is 1.29 bits per heavy atom. The van der Waals surface area contributed by atoms with E-state index in [-0.39, 0.29) is 6.04 Å². The molecule has 0 amide bonds. The van der Waals surface area contributed by atoms with Gasteiger partial charge in [0.15, 0.2) is 0 Å². The molecule has 0 fully saturated rings. The molecule has 0 aliphatic heterocycles. The zero-order chi connectivity index (χ0) is 12.3. The Bertz CT molecular complexity index is 492. The molecular weight excluding hydrogens is 278 g/mol. The van der Waals surface area contributed by atoms with Crippen LogP contribution in [-0.4, -0.2) is 7.05 Å². The van der Waals surface area contributed by atoms with Gasteiger partial charge in [-0.05, 0) is 50.2 Å². The second-order valence-electron chi connectivity index (χ2n) is 4.12. The molecule has 2 nitrogen and oxygen atoms in total. The van der Waals surface area contributed by atoms with Crippen LogP contribution in [0.2, 0.25) is 0 Å². The molecule has 1 aromatic heterocycles. The summed E-state index contributed by atoms with van der Waals surface area (Å²) in [6, 6.07) is 12.6. The summed E-state index contributed by atoms with van der Waals surface area (Å²) in [7, 11) is 1.96. The number of aryl methyl sites for hydroxylation is 1. The minimum atomic E-state index is 0.220. The fourth-order valence-electron chi connectivity index (χ4n) is 1.89. The standard InChI is InChI=1S/C14H16BrNO/c1-10-6-7-14(17-10)13(16-2)9-11-4-3-5-12(15)8-11/h3-8,13,16H,9H2,1-2H3. The number of benzene rings is 1. The molecule has 0 saturated carbocycles. The third-order valence-corrected chi connectivity index (χ3v) is 3.28. The first-order chi connectivity index (χ1) is 8.19. The van der Waals surface area contributed by atoms with Crippen LogP contribution in [0.25, 0.3) is 0 Å². The predicted molar refractivity (Wildman–Crippen MR) is 73.1 cm³/mol. The van der Waals surface area contributed by atoms with Gasteiger partial charge in [-0.1, -0.05) is 28.1 Å². The zero-order valence-corrected chi connectivity index (χ0v) is 11.6. The van der Waals surface area contributed by atoms with Crippen molar-refractivity contribution >= 4 is 15.9 Å². The first kappa shape index (κ1) is 12.4. The van der Waals surface area contributed by atoms with Crippen LogP contribution in [0, 0.1) is 6.92 Å². The van der Waals surface area contributed by atoms with Crippen LogP contribution in [0.4, 0.5) is 0 Å². The molecule has 0 aliphatic rings.